The van der Waals surface area contributed by atoms with E-state index in [9.17, 15) is 14.4 Å². The molecule has 3 aromatic rings. The lowest BCUT2D eigenvalue weighted by Crippen LogP contribution is -2.15. The molecule has 0 unspecified atom stereocenters. The number of rotatable bonds is 3. The smallest absolute Gasteiger partial charge is 0.338 e. The van der Waals surface area contributed by atoms with Gasteiger partial charge in [0.2, 0.25) is 5.91 Å². The van der Waals surface area contributed by atoms with Crippen LogP contribution in [0.1, 0.15) is 22.5 Å². The number of anilines is 1. The second-order valence-corrected chi connectivity index (χ2v) is 7.58. The first kappa shape index (κ1) is 16.8. The van der Waals surface area contributed by atoms with Gasteiger partial charge in [-0.15, -0.1) is 23.1 Å². The molecule has 0 fully saturated rings. The lowest BCUT2D eigenvalue weighted by molar-refractivity contribution is -0.115. The molecule has 1 aliphatic rings. The zero-order chi connectivity index (χ0) is 18.1. The van der Waals surface area contributed by atoms with E-state index in [0.717, 1.165) is 4.90 Å². The Kier molecular flexibility index (Phi) is 4.48. The minimum atomic E-state index is -0.538. The van der Waals surface area contributed by atoms with Crippen molar-refractivity contribution in [3.05, 3.63) is 57.5 Å². The number of nitrogens with zero attached hydrogens (tertiary/aromatic N) is 2. The highest BCUT2D eigenvalue weighted by atomic mass is 32.2. The summed E-state index contributed by atoms with van der Waals surface area (Å²) >= 11 is 2.90. The molecule has 0 spiro atoms. The molecule has 2 aromatic heterocycles. The number of nitrogens with one attached hydrogen (secondary N) is 1. The summed E-state index contributed by atoms with van der Waals surface area (Å²) in [5.74, 6) is 0.0925. The average Bonchev–Trinajstić information content (AvgIpc) is 3.02. The molecular weight excluding hydrogens is 374 g/mol. The van der Waals surface area contributed by atoms with Crippen molar-refractivity contribution in [2.45, 2.75) is 17.9 Å². The summed E-state index contributed by atoms with van der Waals surface area (Å²) in [6.07, 6.45) is 2.08. The predicted molar refractivity (Wildman–Crippen MR) is 98.9 cm³/mol. The quantitative estimate of drug-likeness (QED) is 0.695. The Morgan fingerprint density at radius 2 is 2.19 bits per heavy atom. The van der Waals surface area contributed by atoms with E-state index in [4.69, 9.17) is 4.74 Å². The molecule has 1 N–H and O–H groups in total. The number of hydrogen-bond donors (Lipinski definition) is 1. The molecular formula is C17H13N3O4S2. The van der Waals surface area contributed by atoms with E-state index in [-0.39, 0.29) is 18.1 Å². The molecule has 9 heteroatoms. The number of hydrogen-bond acceptors (Lipinski definition) is 7. The monoisotopic (exact) mass is 387 g/mol. The Morgan fingerprint density at radius 3 is 3.08 bits per heavy atom. The van der Waals surface area contributed by atoms with Gasteiger partial charge in [-0.1, -0.05) is 0 Å². The maximum atomic E-state index is 12.3. The number of thiazole rings is 1. The number of carbonyl (C=O) groups is 2. The minimum Gasteiger partial charge on any atom is -0.456 e. The standard InChI is InChI=1S/C17H13N3O4S2/c21-14-3-5-25-13-2-1-10(7-12(13)19-14)16(23)24-9-11-8-15(22)20-4-6-26-17(20)18-11/h1-2,4,6-8H,3,5,9H2,(H,19,21). The zero-order valence-electron chi connectivity index (χ0n) is 13.4. The molecule has 1 aromatic carbocycles. The van der Waals surface area contributed by atoms with Crippen molar-refractivity contribution in [3.63, 3.8) is 0 Å². The van der Waals surface area contributed by atoms with Gasteiger partial charge in [0.15, 0.2) is 4.96 Å². The lowest BCUT2D eigenvalue weighted by Gasteiger charge is -2.09. The highest BCUT2D eigenvalue weighted by Gasteiger charge is 2.17. The Morgan fingerprint density at radius 1 is 1.31 bits per heavy atom. The lowest BCUT2D eigenvalue weighted by atomic mass is 10.2. The van der Waals surface area contributed by atoms with Crippen LogP contribution < -0.4 is 10.9 Å². The van der Waals surface area contributed by atoms with Gasteiger partial charge >= 0.3 is 5.97 Å². The first-order valence-electron chi connectivity index (χ1n) is 7.80. The van der Waals surface area contributed by atoms with Crippen molar-refractivity contribution in [2.75, 3.05) is 11.1 Å². The number of aromatic nitrogens is 2. The minimum absolute atomic E-state index is 0.0734. The average molecular weight is 387 g/mol. The van der Waals surface area contributed by atoms with Crippen molar-refractivity contribution in [1.82, 2.24) is 9.38 Å². The normalized spacial score (nSPS) is 13.8. The van der Waals surface area contributed by atoms with E-state index in [1.165, 1.54) is 21.8 Å². The Hall–Kier alpha value is -2.65. The van der Waals surface area contributed by atoms with Gasteiger partial charge < -0.3 is 10.1 Å². The molecule has 1 amide bonds. The first-order chi connectivity index (χ1) is 12.6. The van der Waals surface area contributed by atoms with Crippen LogP contribution in [-0.4, -0.2) is 27.0 Å². The summed E-state index contributed by atoms with van der Waals surface area (Å²) in [6, 6.07) is 6.42. The van der Waals surface area contributed by atoms with Crippen LogP contribution in [0.5, 0.6) is 0 Å². The number of thioether (sulfide) groups is 1. The van der Waals surface area contributed by atoms with Gasteiger partial charge in [0, 0.05) is 34.7 Å². The van der Waals surface area contributed by atoms with E-state index < -0.39 is 5.97 Å². The second kappa shape index (κ2) is 6.93. The van der Waals surface area contributed by atoms with Crippen LogP contribution in [0.2, 0.25) is 0 Å². The fourth-order valence-electron chi connectivity index (χ4n) is 2.53. The maximum absolute atomic E-state index is 12.3. The zero-order valence-corrected chi connectivity index (χ0v) is 15.1. The molecule has 3 heterocycles. The number of ether oxygens (including phenoxy) is 1. The van der Waals surface area contributed by atoms with Gasteiger partial charge in [0.1, 0.15) is 6.61 Å². The van der Waals surface area contributed by atoms with Gasteiger partial charge in [0.05, 0.1) is 16.9 Å². The third-order valence-electron chi connectivity index (χ3n) is 3.78. The highest BCUT2D eigenvalue weighted by Crippen LogP contribution is 2.31. The number of esters is 1. The fourth-order valence-corrected chi connectivity index (χ4v) is 4.21. The van der Waals surface area contributed by atoms with E-state index >= 15 is 0 Å². The van der Waals surface area contributed by atoms with Crippen LogP contribution in [-0.2, 0) is 16.1 Å². The summed E-state index contributed by atoms with van der Waals surface area (Å²) in [6.45, 7) is -0.0966. The van der Waals surface area contributed by atoms with Gasteiger partial charge in [-0.2, -0.15) is 0 Å². The molecule has 0 atom stereocenters. The molecule has 0 radical (unpaired) electrons. The topological polar surface area (TPSA) is 89.8 Å². The predicted octanol–water partition coefficient (Wildman–Crippen LogP) is 2.55. The maximum Gasteiger partial charge on any atom is 0.338 e. The molecule has 26 heavy (non-hydrogen) atoms. The van der Waals surface area contributed by atoms with E-state index in [1.54, 1.807) is 41.5 Å². The highest BCUT2D eigenvalue weighted by molar-refractivity contribution is 7.99. The van der Waals surface area contributed by atoms with Gasteiger partial charge in [-0.25, -0.2) is 9.78 Å². The summed E-state index contributed by atoms with van der Waals surface area (Å²) < 4.78 is 6.71. The van der Waals surface area contributed by atoms with Crippen LogP contribution >= 0.6 is 23.1 Å². The fraction of sp³-hybridized carbons (Fsp3) is 0.176. The van der Waals surface area contributed by atoms with Gasteiger partial charge in [0.25, 0.3) is 5.56 Å². The molecule has 0 aliphatic carbocycles. The van der Waals surface area contributed by atoms with E-state index in [2.05, 4.69) is 10.3 Å². The Labute approximate surface area is 156 Å². The molecule has 0 saturated heterocycles. The van der Waals surface area contributed by atoms with Crippen LogP contribution in [0, 0.1) is 0 Å². The summed E-state index contributed by atoms with van der Waals surface area (Å²) in [7, 11) is 0. The van der Waals surface area contributed by atoms with Crippen molar-refractivity contribution in [1.29, 1.82) is 0 Å². The Bertz CT molecular complexity index is 1070. The van der Waals surface area contributed by atoms with Crippen molar-refractivity contribution in [3.8, 4) is 0 Å². The summed E-state index contributed by atoms with van der Waals surface area (Å²) in [5, 5.41) is 4.56. The van der Waals surface area contributed by atoms with Crippen molar-refractivity contribution in [2.24, 2.45) is 0 Å². The van der Waals surface area contributed by atoms with Crippen LogP contribution in [0.4, 0.5) is 5.69 Å². The largest absolute Gasteiger partial charge is 0.456 e. The van der Waals surface area contributed by atoms with Crippen molar-refractivity contribution < 1.29 is 14.3 Å². The summed E-state index contributed by atoms with van der Waals surface area (Å²) in [5.41, 5.74) is 1.13. The number of amides is 1. The first-order valence-corrected chi connectivity index (χ1v) is 9.66. The molecule has 0 bridgehead atoms. The molecule has 4 rings (SSSR count). The van der Waals surface area contributed by atoms with E-state index in [1.807, 2.05) is 0 Å². The second-order valence-electron chi connectivity index (χ2n) is 5.58. The number of benzene rings is 1. The van der Waals surface area contributed by atoms with Gasteiger partial charge in [-0.3, -0.25) is 14.0 Å². The van der Waals surface area contributed by atoms with Crippen LogP contribution in [0.25, 0.3) is 4.96 Å². The van der Waals surface area contributed by atoms with E-state index in [0.29, 0.717) is 34.1 Å². The number of carbonyl (C=O) groups excluding carboxylic acids is 2. The third kappa shape index (κ3) is 3.35. The third-order valence-corrected chi connectivity index (χ3v) is 5.62. The van der Waals surface area contributed by atoms with Crippen LogP contribution in [0.3, 0.4) is 0 Å². The van der Waals surface area contributed by atoms with Gasteiger partial charge in [-0.05, 0) is 18.2 Å². The Balaban J connectivity index is 1.51. The SMILES string of the molecule is O=C1CCSc2ccc(C(=O)OCc3cc(=O)n4ccsc4n3)cc2N1. The summed E-state index contributed by atoms with van der Waals surface area (Å²) in [4.78, 5) is 41.7. The molecule has 7 nitrogen and oxygen atoms in total. The molecule has 1 aliphatic heterocycles. The molecule has 132 valence electrons. The molecule has 0 saturated carbocycles. The number of fused-ring (bicyclic) bond motifs is 2. The van der Waals surface area contributed by atoms with Crippen molar-refractivity contribution >= 4 is 45.6 Å². The van der Waals surface area contributed by atoms with Crippen LogP contribution in [0.15, 0.2) is 45.5 Å².